The second-order valence-corrected chi connectivity index (χ2v) is 2.67. The molecule has 0 bridgehead atoms. The molecule has 0 aliphatic heterocycles. The van der Waals surface area contributed by atoms with Gasteiger partial charge in [-0.25, -0.2) is 0 Å². The first-order valence-corrected chi connectivity index (χ1v) is 4.08. The molecule has 0 atom stereocenters. The normalized spacial score (nSPS) is 9.45. The van der Waals surface area contributed by atoms with Crippen LogP contribution in [0.3, 0.4) is 0 Å². The van der Waals surface area contributed by atoms with E-state index in [9.17, 15) is 0 Å². The summed E-state index contributed by atoms with van der Waals surface area (Å²) in [6.45, 7) is 3.69. The predicted molar refractivity (Wildman–Crippen MR) is 49.6 cm³/mol. The van der Waals surface area contributed by atoms with Gasteiger partial charge in [0.05, 0.1) is 0 Å². The maximum atomic E-state index is 3.69. The fraction of sp³-hybridized carbons (Fsp3) is 0.273. The molecule has 0 saturated heterocycles. The second kappa shape index (κ2) is 4.73. The lowest BCUT2D eigenvalue weighted by molar-refractivity contribution is 0.844. The van der Waals surface area contributed by atoms with Gasteiger partial charge in [0.1, 0.15) is 0 Å². The van der Waals surface area contributed by atoms with E-state index < -0.39 is 0 Å². The first-order chi connectivity index (χ1) is 5.43. The summed E-state index contributed by atoms with van der Waals surface area (Å²) in [6, 6.07) is 10.6. The van der Waals surface area contributed by atoms with Crippen LogP contribution in [-0.4, -0.2) is 0 Å². The van der Waals surface area contributed by atoms with Gasteiger partial charge in [0.15, 0.2) is 0 Å². The van der Waals surface area contributed by atoms with Crippen LogP contribution in [0.1, 0.15) is 18.4 Å². The van der Waals surface area contributed by atoms with Crippen molar-refractivity contribution >= 4 is 0 Å². The van der Waals surface area contributed by atoms with E-state index in [4.69, 9.17) is 0 Å². The Kier molecular flexibility index (Phi) is 3.46. The Morgan fingerprint density at radius 2 is 1.91 bits per heavy atom. The fourth-order valence-corrected chi connectivity index (χ4v) is 1.10. The zero-order valence-electron chi connectivity index (χ0n) is 6.79. The third kappa shape index (κ3) is 3.03. The molecule has 0 heterocycles. The summed E-state index contributed by atoms with van der Waals surface area (Å²) in [5, 5.41) is 0. The van der Waals surface area contributed by atoms with Crippen molar-refractivity contribution in [3.8, 4) is 0 Å². The van der Waals surface area contributed by atoms with E-state index in [0.29, 0.717) is 0 Å². The van der Waals surface area contributed by atoms with Crippen LogP contribution in [0.2, 0.25) is 0 Å². The van der Waals surface area contributed by atoms with Crippen LogP contribution >= 0.6 is 0 Å². The number of rotatable bonds is 4. The van der Waals surface area contributed by atoms with Crippen LogP contribution in [0, 0.1) is 0 Å². The molecule has 0 heteroatoms. The molecule has 0 spiro atoms. The Balaban J connectivity index is 2.33. The molecule has 58 valence electrons. The minimum absolute atomic E-state index is 1.12. The number of benzene rings is 1. The minimum atomic E-state index is 1.12. The van der Waals surface area contributed by atoms with Gasteiger partial charge in [-0.15, -0.1) is 6.58 Å². The van der Waals surface area contributed by atoms with E-state index in [1.54, 1.807) is 0 Å². The van der Waals surface area contributed by atoms with Gasteiger partial charge in [-0.2, -0.15) is 0 Å². The molecule has 1 aromatic rings. The van der Waals surface area contributed by atoms with Crippen molar-refractivity contribution in [1.82, 2.24) is 0 Å². The molecule has 0 N–H and O–H groups in total. The van der Waals surface area contributed by atoms with Gasteiger partial charge >= 0.3 is 0 Å². The first-order valence-electron chi connectivity index (χ1n) is 4.08. The maximum absolute atomic E-state index is 3.69. The van der Waals surface area contributed by atoms with E-state index in [0.717, 1.165) is 6.42 Å². The second-order valence-electron chi connectivity index (χ2n) is 2.67. The van der Waals surface area contributed by atoms with Gasteiger partial charge < -0.3 is 0 Å². The smallest absolute Gasteiger partial charge is 0.0276 e. The van der Waals surface area contributed by atoms with Gasteiger partial charge in [-0.3, -0.25) is 0 Å². The van der Waals surface area contributed by atoms with E-state index in [1.807, 2.05) is 6.08 Å². The molecule has 0 aliphatic rings. The number of unbranched alkanes of at least 4 members (excludes halogenated alkanes) is 1. The fourth-order valence-electron chi connectivity index (χ4n) is 1.10. The summed E-state index contributed by atoms with van der Waals surface area (Å²) in [4.78, 5) is 0. The summed E-state index contributed by atoms with van der Waals surface area (Å²) in [5.41, 5.74) is 1.43. The highest BCUT2D eigenvalue weighted by atomic mass is 13.9. The average Bonchev–Trinajstić information content (AvgIpc) is 2.07. The lowest BCUT2D eigenvalue weighted by atomic mass is 10.1. The summed E-state index contributed by atoms with van der Waals surface area (Å²) < 4.78 is 0. The highest BCUT2D eigenvalue weighted by Crippen LogP contribution is 2.03. The Hall–Kier alpha value is -1.04. The Bertz CT molecular complexity index is 199. The van der Waals surface area contributed by atoms with Gasteiger partial charge in [-0.05, 0) is 24.8 Å². The molecular weight excluding hydrogens is 132 g/mol. The topological polar surface area (TPSA) is 0 Å². The largest absolute Gasteiger partial charge is 0.103 e. The Morgan fingerprint density at radius 1 is 1.18 bits per heavy atom. The van der Waals surface area contributed by atoms with Crippen molar-refractivity contribution in [3.63, 3.8) is 0 Å². The zero-order chi connectivity index (χ0) is 7.94. The van der Waals surface area contributed by atoms with Crippen LogP contribution in [0.5, 0.6) is 0 Å². The Morgan fingerprint density at radius 3 is 2.55 bits per heavy atom. The summed E-state index contributed by atoms with van der Waals surface area (Å²) >= 11 is 0. The zero-order valence-corrected chi connectivity index (χ0v) is 6.79. The van der Waals surface area contributed by atoms with Crippen molar-refractivity contribution in [2.24, 2.45) is 0 Å². The minimum Gasteiger partial charge on any atom is -0.103 e. The molecule has 0 aromatic heterocycles. The van der Waals surface area contributed by atoms with E-state index >= 15 is 0 Å². The summed E-state index contributed by atoms with van der Waals surface area (Å²) in [5.74, 6) is 0. The van der Waals surface area contributed by atoms with Crippen molar-refractivity contribution < 1.29 is 0 Å². The standard InChI is InChI=1S/C11H14/c1-2-3-5-8-11-9-6-4-7-10-11/h2,4,6-7,9-10H,1,3,5,8H2. The lowest BCUT2D eigenvalue weighted by Crippen LogP contribution is -1.82. The van der Waals surface area contributed by atoms with Crippen LogP contribution in [-0.2, 0) is 6.42 Å². The third-order valence-electron chi connectivity index (χ3n) is 1.72. The number of hydrogen-bond acceptors (Lipinski definition) is 0. The van der Waals surface area contributed by atoms with Crippen molar-refractivity contribution in [2.45, 2.75) is 19.3 Å². The molecule has 0 fully saturated rings. The Labute approximate surface area is 68.6 Å². The van der Waals surface area contributed by atoms with Gasteiger partial charge in [0, 0.05) is 0 Å². The van der Waals surface area contributed by atoms with Crippen LogP contribution in [0.4, 0.5) is 0 Å². The number of hydrogen-bond donors (Lipinski definition) is 0. The lowest BCUT2D eigenvalue weighted by Gasteiger charge is -1.96. The quantitative estimate of drug-likeness (QED) is 0.452. The van der Waals surface area contributed by atoms with Crippen molar-refractivity contribution in [3.05, 3.63) is 48.6 Å². The molecule has 0 radical (unpaired) electrons. The SMILES string of the molecule is C=CCCCc1ccccc1. The van der Waals surface area contributed by atoms with E-state index in [1.165, 1.54) is 18.4 Å². The molecular formula is C11H14. The molecule has 0 amide bonds. The first kappa shape index (κ1) is 8.06. The molecule has 1 aromatic carbocycles. The molecule has 1 rings (SSSR count). The molecule has 0 aliphatic carbocycles. The molecule has 11 heavy (non-hydrogen) atoms. The maximum Gasteiger partial charge on any atom is -0.0276 e. The predicted octanol–water partition coefficient (Wildman–Crippen LogP) is 3.20. The van der Waals surface area contributed by atoms with E-state index in [-0.39, 0.29) is 0 Å². The highest BCUT2D eigenvalue weighted by Gasteiger charge is 1.88. The summed E-state index contributed by atoms with van der Waals surface area (Å²) in [6.07, 6.45) is 5.48. The van der Waals surface area contributed by atoms with Gasteiger partial charge in [0.25, 0.3) is 0 Å². The van der Waals surface area contributed by atoms with Gasteiger partial charge in [0.2, 0.25) is 0 Å². The van der Waals surface area contributed by atoms with Crippen LogP contribution in [0.25, 0.3) is 0 Å². The van der Waals surface area contributed by atoms with Gasteiger partial charge in [-0.1, -0.05) is 36.4 Å². The van der Waals surface area contributed by atoms with Crippen LogP contribution < -0.4 is 0 Å². The number of aryl methyl sites for hydroxylation is 1. The molecule has 0 saturated carbocycles. The van der Waals surface area contributed by atoms with E-state index in [2.05, 4.69) is 36.9 Å². The van der Waals surface area contributed by atoms with Crippen molar-refractivity contribution in [2.75, 3.05) is 0 Å². The average molecular weight is 146 g/mol. The number of allylic oxidation sites excluding steroid dienone is 1. The monoisotopic (exact) mass is 146 g/mol. The third-order valence-corrected chi connectivity index (χ3v) is 1.72. The van der Waals surface area contributed by atoms with Crippen molar-refractivity contribution in [1.29, 1.82) is 0 Å². The summed E-state index contributed by atoms with van der Waals surface area (Å²) in [7, 11) is 0. The van der Waals surface area contributed by atoms with Crippen LogP contribution in [0.15, 0.2) is 43.0 Å². The molecule has 0 nitrogen and oxygen atoms in total. The molecule has 0 unspecified atom stereocenters. The highest BCUT2D eigenvalue weighted by molar-refractivity contribution is 5.14.